The molecule has 0 spiro atoms. The van der Waals surface area contributed by atoms with Gasteiger partial charge in [-0.05, 0) is 37.5 Å². The Hall–Kier alpha value is -1.55. The zero-order valence-corrected chi connectivity index (χ0v) is 10.1. The molecule has 1 aliphatic rings. The van der Waals surface area contributed by atoms with Gasteiger partial charge in [-0.25, -0.2) is 0 Å². The molecule has 1 amide bonds. The van der Waals surface area contributed by atoms with Gasteiger partial charge in [-0.2, -0.15) is 0 Å². The zero-order valence-electron chi connectivity index (χ0n) is 10.1. The van der Waals surface area contributed by atoms with E-state index in [1.54, 1.807) is 18.9 Å². The number of hydrogen-bond acceptors (Lipinski definition) is 3. The minimum atomic E-state index is -0.430. The van der Waals surface area contributed by atoms with Crippen LogP contribution in [0.15, 0.2) is 18.2 Å². The van der Waals surface area contributed by atoms with Crippen LogP contribution < -0.4 is 9.64 Å². The molecule has 4 heteroatoms. The average molecular weight is 235 g/mol. The summed E-state index contributed by atoms with van der Waals surface area (Å²) in [6, 6.07) is 5.81. The van der Waals surface area contributed by atoms with Crippen molar-refractivity contribution in [2.75, 3.05) is 18.6 Å². The number of benzene rings is 1. The molecule has 4 nitrogen and oxygen atoms in total. The number of carbonyl (C=O) groups is 1. The van der Waals surface area contributed by atoms with Gasteiger partial charge in [-0.1, -0.05) is 6.07 Å². The van der Waals surface area contributed by atoms with Gasteiger partial charge in [0.1, 0.15) is 5.75 Å². The quantitative estimate of drug-likeness (QED) is 0.860. The standard InChI is InChI=1S/C13H17NO3/c1-9-13(16)14(2)11-6-5-10(4-3-7-15)8-12(11)17-9/h5-6,8-9,15H,3-4,7H2,1-2H3. The number of aryl methyl sites for hydroxylation is 1. The van der Waals surface area contributed by atoms with E-state index in [0.717, 1.165) is 29.8 Å². The highest BCUT2D eigenvalue weighted by molar-refractivity contribution is 5.99. The van der Waals surface area contributed by atoms with Crippen molar-refractivity contribution in [1.82, 2.24) is 0 Å². The first-order valence-electron chi connectivity index (χ1n) is 5.81. The number of anilines is 1. The Bertz CT molecular complexity index is 431. The molecule has 0 bridgehead atoms. The van der Waals surface area contributed by atoms with Crippen molar-refractivity contribution in [3.05, 3.63) is 23.8 Å². The second kappa shape index (κ2) is 4.75. The van der Waals surface area contributed by atoms with E-state index in [2.05, 4.69) is 0 Å². The molecule has 1 aliphatic heterocycles. The van der Waals surface area contributed by atoms with E-state index in [1.165, 1.54) is 0 Å². The Labute approximate surface area is 101 Å². The van der Waals surface area contributed by atoms with E-state index in [4.69, 9.17) is 9.84 Å². The summed E-state index contributed by atoms with van der Waals surface area (Å²) >= 11 is 0. The molecule has 2 rings (SSSR count). The maximum atomic E-state index is 11.7. The lowest BCUT2D eigenvalue weighted by molar-refractivity contribution is -0.125. The zero-order chi connectivity index (χ0) is 12.4. The number of aliphatic hydroxyl groups excluding tert-OH is 1. The van der Waals surface area contributed by atoms with Crippen LogP contribution in [0, 0.1) is 0 Å². The van der Waals surface area contributed by atoms with Crippen LogP contribution in [0.1, 0.15) is 18.9 Å². The van der Waals surface area contributed by atoms with E-state index in [-0.39, 0.29) is 12.5 Å². The van der Waals surface area contributed by atoms with E-state index < -0.39 is 6.10 Å². The molecule has 1 heterocycles. The summed E-state index contributed by atoms with van der Waals surface area (Å²) in [4.78, 5) is 13.3. The van der Waals surface area contributed by atoms with Crippen LogP contribution in [0.5, 0.6) is 5.75 Å². The molecular weight excluding hydrogens is 218 g/mol. The van der Waals surface area contributed by atoms with Gasteiger partial charge in [-0.3, -0.25) is 4.79 Å². The number of hydrogen-bond donors (Lipinski definition) is 1. The minimum Gasteiger partial charge on any atom is -0.479 e. The Morgan fingerprint density at radius 1 is 1.47 bits per heavy atom. The van der Waals surface area contributed by atoms with E-state index in [1.807, 2.05) is 18.2 Å². The fourth-order valence-corrected chi connectivity index (χ4v) is 2.00. The molecule has 0 radical (unpaired) electrons. The fourth-order valence-electron chi connectivity index (χ4n) is 2.00. The number of ether oxygens (including phenoxy) is 1. The first-order valence-corrected chi connectivity index (χ1v) is 5.81. The van der Waals surface area contributed by atoms with E-state index >= 15 is 0 Å². The monoisotopic (exact) mass is 235 g/mol. The lowest BCUT2D eigenvalue weighted by Gasteiger charge is -2.30. The van der Waals surface area contributed by atoms with E-state index in [0.29, 0.717) is 0 Å². The summed E-state index contributed by atoms with van der Waals surface area (Å²) in [5, 5.41) is 8.80. The lowest BCUT2D eigenvalue weighted by Crippen LogP contribution is -2.41. The van der Waals surface area contributed by atoms with Crippen LogP contribution in [0.4, 0.5) is 5.69 Å². The van der Waals surface area contributed by atoms with Crippen molar-refractivity contribution in [3.63, 3.8) is 0 Å². The summed E-state index contributed by atoms with van der Waals surface area (Å²) in [6.45, 7) is 1.94. The first kappa shape index (κ1) is 11.9. The van der Waals surface area contributed by atoms with Crippen LogP contribution in [0.3, 0.4) is 0 Å². The van der Waals surface area contributed by atoms with Crippen LogP contribution in [0.25, 0.3) is 0 Å². The highest BCUT2D eigenvalue weighted by atomic mass is 16.5. The van der Waals surface area contributed by atoms with Crippen LogP contribution in [0.2, 0.25) is 0 Å². The molecule has 92 valence electrons. The molecule has 1 atom stereocenters. The molecule has 1 unspecified atom stereocenters. The van der Waals surface area contributed by atoms with Crippen LogP contribution in [-0.2, 0) is 11.2 Å². The number of rotatable bonds is 3. The first-order chi connectivity index (χ1) is 8.13. The molecule has 0 fully saturated rings. The van der Waals surface area contributed by atoms with Gasteiger partial charge >= 0.3 is 0 Å². The topological polar surface area (TPSA) is 49.8 Å². The summed E-state index contributed by atoms with van der Waals surface area (Å²) in [6.07, 6.45) is 1.13. The minimum absolute atomic E-state index is 0.0272. The number of nitrogens with zero attached hydrogens (tertiary/aromatic N) is 1. The van der Waals surface area contributed by atoms with Gasteiger partial charge in [0.05, 0.1) is 5.69 Å². The number of fused-ring (bicyclic) bond motifs is 1. The normalized spacial score (nSPS) is 18.9. The number of amides is 1. The molecule has 0 saturated heterocycles. The lowest BCUT2D eigenvalue weighted by atomic mass is 10.1. The predicted molar refractivity (Wildman–Crippen MR) is 65.3 cm³/mol. The molecule has 0 aliphatic carbocycles. The largest absolute Gasteiger partial charge is 0.479 e. The van der Waals surface area contributed by atoms with Gasteiger partial charge in [0.2, 0.25) is 0 Å². The van der Waals surface area contributed by atoms with Gasteiger partial charge in [0, 0.05) is 13.7 Å². The fraction of sp³-hybridized carbons (Fsp3) is 0.462. The van der Waals surface area contributed by atoms with Gasteiger partial charge in [-0.15, -0.1) is 0 Å². The molecule has 1 aromatic carbocycles. The summed E-state index contributed by atoms with van der Waals surface area (Å²) in [5.41, 5.74) is 1.92. The third kappa shape index (κ3) is 2.26. The SMILES string of the molecule is CC1Oc2cc(CCCO)ccc2N(C)C1=O. The van der Waals surface area contributed by atoms with Crippen molar-refractivity contribution in [1.29, 1.82) is 0 Å². The van der Waals surface area contributed by atoms with Crippen molar-refractivity contribution < 1.29 is 14.6 Å². The van der Waals surface area contributed by atoms with Gasteiger partial charge in [0.25, 0.3) is 5.91 Å². The van der Waals surface area contributed by atoms with Gasteiger partial charge < -0.3 is 14.7 Å². The predicted octanol–water partition coefficient (Wildman–Crippen LogP) is 1.36. The second-order valence-corrected chi connectivity index (χ2v) is 4.29. The Morgan fingerprint density at radius 2 is 2.24 bits per heavy atom. The maximum absolute atomic E-state index is 11.7. The number of carbonyl (C=O) groups excluding carboxylic acids is 1. The van der Waals surface area contributed by atoms with Crippen molar-refractivity contribution in [2.45, 2.75) is 25.9 Å². The smallest absolute Gasteiger partial charge is 0.267 e. The maximum Gasteiger partial charge on any atom is 0.267 e. The van der Waals surface area contributed by atoms with Crippen molar-refractivity contribution in [2.24, 2.45) is 0 Å². The molecule has 0 aromatic heterocycles. The summed E-state index contributed by atoms with van der Waals surface area (Å²) in [5.74, 6) is 0.718. The van der Waals surface area contributed by atoms with Crippen LogP contribution in [-0.4, -0.2) is 30.8 Å². The summed E-state index contributed by atoms with van der Waals surface area (Å²) < 4.78 is 5.58. The highest BCUT2D eigenvalue weighted by Crippen LogP contribution is 2.34. The summed E-state index contributed by atoms with van der Waals surface area (Å²) in [7, 11) is 1.76. The molecule has 0 saturated carbocycles. The molecule has 17 heavy (non-hydrogen) atoms. The molecule has 1 aromatic rings. The Kier molecular flexibility index (Phi) is 3.33. The average Bonchev–Trinajstić information content (AvgIpc) is 2.33. The van der Waals surface area contributed by atoms with Crippen molar-refractivity contribution in [3.8, 4) is 5.75 Å². The highest BCUT2D eigenvalue weighted by Gasteiger charge is 2.28. The Morgan fingerprint density at radius 3 is 2.94 bits per heavy atom. The third-order valence-corrected chi connectivity index (χ3v) is 2.99. The Balaban J connectivity index is 2.27. The number of likely N-dealkylation sites (N-methyl/N-ethyl adjacent to an activating group) is 1. The molecule has 1 N–H and O–H groups in total. The molecular formula is C13H17NO3. The van der Waals surface area contributed by atoms with Crippen LogP contribution >= 0.6 is 0 Å². The van der Waals surface area contributed by atoms with Gasteiger partial charge in [0.15, 0.2) is 6.10 Å². The second-order valence-electron chi connectivity index (χ2n) is 4.29. The third-order valence-electron chi connectivity index (χ3n) is 2.99. The van der Waals surface area contributed by atoms with E-state index in [9.17, 15) is 4.79 Å². The number of aliphatic hydroxyl groups is 1. The van der Waals surface area contributed by atoms with Crippen molar-refractivity contribution >= 4 is 11.6 Å².